The molecule has 1 aromatic carbocycles. The lowest BCUT2D eigenvalue weighted by Crippen LogP contribution is -2.20. The maximum Gasteiger partial charge on any atom is 0.324 e. The molecule has 0 aromatic heterocycles. The van der Waals surface area contributed by atoms with Crippen LogP contribution in [0.4, 0.5) is 5.69 Å². The second kappa shape index (κ2) is 6.52. The van der Waals surface area contributed by atoms with E-state index in [2.05, 4.69) is 0 Å². The van der Waals surface area contributed by atoms with Gasteiger partial charge >= 0.3 is 5.97 Å². The van der Waals surface area contributed by atoms with Crippen molar-refractivity contribution in [2.24, 2.45) is 0 Å². The van der Waals surface area contributed by atoms with Crippen LogP contribution < -0.4 is 0 Å². The van der Waals surface area contributed by atoms with Gasteiger partial charge in [0.05, 0.1) is 11.5 Å². The lowest BCUT2D eigenvalue weighted by atomic mass is 10.00. The van der Waals surface area contributed by atoms with Crippen LogP contribution in [0.5, 0.6) is 0 Å². The Labute approximate surface area is 116 Å². The van der Waals surface area contributed by atoms with Crippen molar-refractivity contribution in [3.63, 3.8) is 0 Å². The highest BCUT2D eigenvalue weighted by atomic mass is 35.5. The first-order valence-electron chi connectivity index (χ1n) is 5.92. The van der Waals surface area contributed by atoms with E-state index in [-0.39, 0.29) is 12.3 Å². The SMILES string of the molecule is CCOC(=O)C(Cl)Cc1cc(C)c([N+](=O)[O-])cc1C. The first-order valence-corrected chi connectivity index (χ1v) is 6.35. The predicted octanol–water partition coefficient (Wildman–Crippen LogP) is 2.92. The van der Waals surface area contributed by atoms with Crippen LogP contribution in [0.15, 0.2) is 12.1 Å². The van der Waals surface area contributed by atoms with Gasteiger partial charge in [0, 0.05) is 11.6 Å². The van der Waals surface area contributed by atoms with Crippen molar-refractivity contribution < 1.29 is 14.5 Å². The third kappa shape index (κ3) is 3.92. The van der Waals surface area contributed by atoms with E-state index >= 15 is 0 Å². The van der Waals surface area contributed by atoms with Gasteiger partial charge in [-0.25, -0.2) is 0 Å². The fraction of sp³-hybridized carbons (Fsp3) is 0.462. The summed E-state index contributed by atoms with van der Waals surface area (Å²) in [5.41, 5.74) is 2.19. The van der Waals surface area contributed by atoms with Gasteiger partial charge in [-0.2, -0.15) is 0 Å². The molecule has 1 aromatic rings. The van der Waals surface area contributed by atoms with Crippen LogP contribution >= 0.6 is 11.6 Å². The highest BCUT2D eigenvalue weighted by Crippen LogP contribution is 2.24. The van der Waals surface area contributed by atoms with E-state index in [1.165, 1.54) is 6.07 Å². The van der Waals surface area contributed by atoms with E-state index in [1.807, 2.05) is 0 Å². The summed E-state index contributed by atoms with van der Waals surface area (Å²) in [6.45, 7) is 5.41. The molecule has 1 rings (SSSR count). The number of esters is 1. The van der Waals surface area contributed by atoms with Gasteiger partial charge in [-0.3, -0.25) is 14.9 Å². The molecule has 0 fully saturated rings. The van der Waals surface area contributed by atoms with Crippen LogP contribution in [-0.2, 0) is 16.0 Å². The lowest BCUT2D eigenvalue weighted by molar-refractivity contribution is -0.385. The van der Waals surface area contributed by atoms with Crippen LogP contribution in [-0.4, -0.2) is 22.9 Å². The number of carbonyl (C=O) groups is 1. The Morgan fingerprint density at radius 2 is 2.05 bits per heavy atom. The van der Waals surface area contributed by atoms with E-state index in [1.54, 1.807) is 26.8 Å². The van der Waals surface area contributed by atoms with E-state index in [4.69, 9.17) is 16.3 Å². The van der Waals surface area contributed by atoms with Gasteiger partial charge in [0.1, 0.15) is 5.38 Å². The first-order chi connectivity index (χ1) is 8.86. The lowest BCUT2D eigenvalue weighted by Gasteiger charge is -2.11. The summed E-state index contributed by atoms with van der Waals surface area (Å²) in [6, 6.07) is 3.20. The zero-order valence-corrected chi connectivity index (χ0v) is 11.9. The van der Waals surface area contributed by atoms with Crippen LogP contribution in [0.25, 0.3) is 0 Å². The van der Waals surface area contributed by atoms with Crippen LogP contribution in [0.2, 0.25) is 0 Å². The Kier molecular flexibility index (Phi) is 5.30. The topological polar surface area (TPSA) is 69.4 Å². The molecule has 0 aliphatic rings. The highest BCUT2D eigenvalue weighted by molar-refractivity contribution is 6.30. The summed E-state index contributed by atoms with van der Waals surface area (Å²) in [4.78, 5) is 21.8. The van der Waals surface area contributed by atoms with E-state index < -0.39 is 16.3 Å². The summed E-state index contributed by atoms with van der Waals surface area (Å²) in [7, 11) is 0. The van der Waals surface area contributed by atoms with Gasteiger partial charge in [0.2, 0.25) is 0 Å². The van der Waals surface area contributed by atoms with Gasteiger partial charge in [0.25, 0.3) is 5.69 Å². The van der Waals surface area contributed by atoms with E-state index in [0.29, 0.717) is 12.0 Å². The van der Waals surface area contributed by atoms with Crippen LogP contribution in [0.1, 0.15) is 23.6 Å². The summed E-state index contributed by atoms with van der Waals surface area (Å²) in [6.07, 6.45) is 0.297. The molecule has 0 aliphatic heterocycles. The number of nitro benzene ring substituents is 1. The Balaban J connectivity index is 2.94. The molecule has 6 heteroatoms. The third-order valence-electron chi connectivity index (χ3n) is 2.79. The van der Waals surface area contributed by atoms with Gasteiger partial charge in [0.15, 0.2) is 0 Å². The van der Waals surface area contributed by atoms with Gasteiger partial charge < -0.3 is 4.74 Å². The minimum atomic E-state index is -0.778. The van der Waals surface area contributed by atoms with Gasteiger partial charge in [-0.05, 0) is 44.4 Å². The molecule has 0 saturated carbocycles. The third-order valence-corrected chi connectivity index (χ3v) is 3.13. The summed E-state index contributed by atoms with van der Waals surface area (Å²) < 4.78 is 4.83. The van der Waals surface area contributed by atoms with Crippen LogP contribution in [0, 0.1) is 24.0 Å². The Hall–Kier alpha value is -1.62. The average molecular weight is 286 g/mol. The molecule has 19 heavy (non-hydrogen) atoms. The second-order valence-electron chi connectivity index (χ2n) is 4.25. The molecule has 104 valence electrons. The summed E-state index contributed by atoms with van der Waals surface area (Å²) >= 11 is 5.96. The summed E-state index contributed by atoms with van der Waals surface area (Å²) in [5.74, 6) is -0.473. The van der Waals surface area contributed by atoms with Crippen molar-refractivity contribution in [3.8, 4) is 0 Å². The van der Waals surface area contributed by atoms with Crippen molar-refractivity contribution in [2.45, 2.75) is 32.6 Å². The van der Waals surface area contributed by atoms with Crippen LogP contribution in [0.3, 0.4) is 0 Å². The highest BCUT2D eigenvalue weighted by Gasteiger charge is 2.20. The molecule has 0 spiro atoms. The second-order valence-corrected chi connectivity index (χ2v) is 4.77. The number of benzene rings is 1. The maximum atomic E-state index is 11.5. The molecular weight excluding hydrogens is 270 g/mol. The summed E-state index contributed by atoms with van der Waals surface area (Å²) in [5, 5.41) is 10.0. The monoisotopic (exact) mass is 285 g/mol. The number of aryl methyl sites for hydroxylation is 2. The smallest absolute Gasteiger partial charge is 0.324 e. The standard InChI is InChI=1S/C13H16ClNO4/c1-4-19-13(16)11(14)7-10-5-9(3)12(15(17)18)6-8(10)2/h5-6,11H,4,7H2,1-3H3. The zero-order chi connectivity index (χ0) is 14.6. The van der Waals surface area contributed by atoms with Gasteiger partial charge in [-0.15, -0.1) is 11.6 Å². The maximum absolute atomic E-state index is 11.5. The van der Waals surface area contributed by atoms with E-state index in [0.717, 1.165) is 11.1 Å². The molecule has 0 radical (unpaired) electrons. The number of carbonyl (C=O) groups excluding carboxylic acids is 1. The number of nitro groups is 1. The fourth-order valence-electron chi connectivity index (χ4n) is 1.79. The molecule has 0 aliphatic carbocycles. The number of halogens is 1. The Morgan fingerprint density at radius 3 is 2.58 bits per heavy atom. The molecule has 0 N–H and O–H groups in total. The number of ether oxygens (including phenoxy) is 1. The average Bonchev–Trinajstić information content (AvgIpc) is 2.33. The van der Waals surface area contributed by atoms with E-state index in [9.17, 15) is 14.9 Å². The minimum Gasteiger partial charge on any atom is -0.465 e. The Morgan fingerprint density at radius 1 is 1.42 bits per heavy atom. The molecule has 1 atom stereocenters. The number of hydrogen-bond donors (Lipinski definition) is 0. The minimum absolute atomic E-state index is 0.0727. The number of nitrogens with zero attached hydrogens (tertiary/aromatic N) is 1. The molecule has 1 unspecified atom stereocenters. The molecular formula is C13H16ClNO4. The molecule has 0 bridgehead atoms. The molecule has 0 amide bonds. The van der Waals surface area contributed by atoms with Crippen molar-refractivity contribution in [2.75, 3.05) is 6.61 Å². The van der Waals surface area contributed by atoms with Crippen molar-refractivity contribution in [1.82, 2.24) is 0 Å². The van der Waals surface area contributed by atoms with Crippen molar-refractivity contribution in [1.29, 1.82) is 0 Å². The number of rotatable bonds is 5. The predicted molar refractivity (Wildman–Crippen MR) is 72.5 cm³/mol. The van der Waals surface area contributed by atoms with Crippen molar-refractivity contribution in [3.05, 3.63) is 38.9 Å². The number of hydrogen-bond acceptors (Lipinski definition) is 4. The fourth-order valence-corrected chi connectivity index (χ4v) is 2.02. The zero-order valence-electron chi connectivity index (χ0n) is 11.1. The largest absolute Gasteiger partial charge is 0.465 e. The molecule has 0 saturated heterocycles. The quantitative estimate of drug-likeness (QED) is 0.361. The Bertz CT molecular complexity index is 502. The molecule has 0 heterocycles. The van der Waals surface area contributed by atoms with Gasteiger partial charge in [-0.1, -0.05) is 0 Å². The van der Waals surface area contributed by atoms with Crippen molar-refractivity contribution >= 4 is 23.3 Å². The normalized spacial score (nSPS) is 12.0. The first kappa shape index (κ1) is 15.4. The molecule has 5 nitrogen and oxygen atoms in total. The number of alkyl halides is 1.